The van der Waals surface area contributed by atoms with Crippen LogP contribution in [0.4, 0.5) is 10.6 Å². The number of aliphatic hydroxyl groups is 1. The van der Waals surface area contributed by atoms with Gasteiger partial charge in [0.05, 0.1) is 23.2 Å². The molecule has 1 aromatic rings. The largest absolute Gasteiger partial charge is 0.465 e. The molecular weight excluding hydrogens is 368 g/mol. The fourth-order valence-electron chi connectivity index (χ4n) is 7.18. The Morgan fingerprint density at radius 1 is 1.31 bits per heavy atom. The van der Waals surface area contributed by atoms with Crippen molar-refractivity contribution < 1.29 is 15.0 Å². The first-order valence-corrected chi connectivity index (χ1v) is 10.7. The number of rotatable bonds is 3. The number of likely N-dealkylation sites (tertiary alicyclic amines) is 1. The molecule has 0 aromatic carbocycles. The average molecular weight is 396 g/mol. The van der Waals surface area contributed by atoms with Gasteiger partial charge < -0.3 is 20.4 Å². The Hall–Kier alpha value is -2.33. The van der Waals surface area contributed by atoms with Crippen LogP contribution in [0.5, 0.6) is 0 Å². The summed E-state index contributed by atoms with van der Waals surface area (Å²) in [5.74, 6) is 2.15. The van der Waals surface area contributed by atoms with Crippen molar-refractivity contribution in [1.82, 2.24) is 9.88 Å². The summed E-state index contributed by atoms with van der Waals surface area (Å²) in [4.78, 5) is 18.2. The lowest BCUT2D eigenvalue weighted by Gasteiger charge is -2.60. The Morgan fingerprint density at radius 3 is 2.66 bits per heavy atom. The minimum atomic E-state index is -0.871. The van der Waals surface area contributed by atoms with Gasteiger partial charge in [-0.25, -0.2) is 9.78 Å². The number of carbonyl (C=O) groups is 1. The van der Waals surface area contributed by atoms with Crippen LogP contribution in [0.3, 0.4) is 0 Å². The second-order valence-electron chi connectivity index (χ2n) is 9.74. The molecule has 1 amide bonds. The van der Waals surface area contributed by atoms with Gasteiger partial charge in [-0.15, -0.1) is 0 Å². The number of amides is 1. The molecule has 1 aromatic heterocycles. The van der Waals surface area contributed by atoms with Crippen molar-refractivity contribution in [2.24, 2.45) is 23.7 Å². The first-order chi connectivity index (χ1) is 13.9. The van der Waals surface area contributed by atoms with E-state index in [0.29, 0.717) is 42.1 Å². The maximum absolute atomic E-state index is 12.1. The molecule has 5 fully saturated rings. The van der Waals surface area contributed by atoms with E-state index in [1.165, 1.54) is 0 Å². The number of nitrogens with one attached hydrogen (secondary N) is 1. The Labute approximate surface area is 170 Å². The van der Waals surface area contributed by atoms with Crippen molar-refractivity contribution in [3.8, 4) is 6.07 Å². The molecule has 29 heavy (non-hydrogen) atoms. The molecule has 7 atom stereocenters. The molecule has 0 radical (unpaired) electrons. The van der Waals surface area contributed by atoms with Crippen molar-refractivity contribution in [1.29, 1.82) is 5.26 Å². The first-order valence-electron chi connectivity index (χ1n) is 10.7. The Kier molecular flexibility index (Phi) is 4.25. The van der Waals surface area contributed by atoms with E-state index in [1.54, 1.807) is 11.0 Å². The molecule has 5 aliphatic rings. The molecule has 6 rings (SSSR count). The summed E-state index contributed by atoms with van der Waals surface area (Å²) in [5.41, 5.74) is 0.782. The van der Waals surface area contributed by atoms with Crippen LogP contribution >= 0.6 is 0 Å². The highest BCUT2D eigenvalue weighted by Crippen LogP contribution is 2.60. The summed E-state index contributed by atoms with van der Waals surface area (Å²) in [6.07, 6.45) is 4.56. The Balaban J connectivity index is 1.47. The number of hydrogen-bond acceptors (Lipinski definition) is 5. The van der Waals surface area contributed by atoms with Gasteiger partial charge >= 0.3 is 6.09 Å². The third-order valence-corrected chi connectivity index (χ3v) is 7.88. The first kappa shape index (κ1) is 18.7. The molecule has 0 spiro atoms. The fourth-order valence-corrected chi connectivity index (χ4v) is 7.18. The van der Waals surface area contributed by atoms with Crippen LogP contribution in [0.15, 0.2) is 12.1 Å². The maximum Gasteiger partial charge on any atom is 0.407 e. The van der Waals surface area contributed by atoms with E-state index < -0.39 is 11.7 Å². The SMILES string of the molecule is Cc1ccc(C#N)c(NC2CCN(C(=O)O)[C@@H]2C2C3CC4C[C@H]2C[C@@](O)(C4)C3)n1. The predicted molar refractivity (Wildman–Crippen MR) is 106 cm³/mol. The molecule has 1 saturated heterocycles. The number of anilines is 1. The topological polar surface area (TPSA) is 109 Å². The van der Waals surface area contributed by atoms with E-state index in [4.69, 9.17) is 0 Å². The van der Waals surface area contributed by atoms with Crippen LogP contribution in [0.1, 0.15) is 49.8 Å². The van der Waals surface area contributed by atoms with Crippen LogP contribution in [0.2, 0.25) is 0 Å². The van der Waals surface area contributed by atoms with Gasteiger partial charge in [0, 0.05) is 12.2 Å². The van der Waals surface area contributed by atoms with Crippen molar-refractivity contribution in [2.75, 3.05) is 11.9 Å². The smallest absolute Gasteiger partial charge is 0.407 e. The molecule has 4 aliphatic carbocycles. The van der Waals surface area contributed by atoms with Crippen molar-refractivity contribution >= 4 is 11.9 Å². The highest BCUT2D eigenvalue weighted by Gasteiger charge is 2.59. The standard InChI is InChI=1S/C22H28N4O3/c1-12-2-3-14(11-23)20(24-12)25-17-4-5-26(21(27)28)19(17)18-15-6-13-7-16(18)10-22(29,8-13)9-15/h2-3,13,15-19,29H,4-10H2,1H3,(H,24,25)(H,27,28)/t13?,15-,16?,17?,18?,19-,22-/m0/s1. The van der Waals surface area contributed by atoms with E-state index >= 15 is 0 Å². The molecule has 2 heterocycles. The molecular formula is C22H28N4O3. The molecule has 1 aliphatic heterocycles. The number of pyridine rings is 1. The van der Waals surface area contributed by atoms with Gasteiger partial charge in [0.25, 0.3) is 0 Å². The fraction of sp³-hybridized carbons (Fsp3) is 0.682. The van der Waals surface area contributed by atoms with Crippen molar-refractivity contribution in [2.45, 2.75) is 63.1 Å². The minimum absolute atomic E-state index is 0.0651. The van der Waals surface area contributed by atoms with Crippen LogP contribution in [-0.4, -0.2) is 50.4 Å². The van der Waals surface area contributed by atoms with Crippen LogP contribution in [-0.2, 0) is 0 Å². The zero-order valence-corrected chi connectivity index (χ0v) is 16.7. The predicted octanol–water partition coefficient (Wildman–Crippen LogP) is 2.98. The number of aryl methyl sites for hydroxylation is 1. The Bertz CT molecular complexity index is 865. The van der Waals surface area contributed by atoms with E-state index in [2.05, 4.69) is 16.4 Å². The number of hydrogen-bond donors (Lipinski definition) is 3. The second kappa shape index (κ2) is 6.60. The van der Waals surface area contributed by atoms with Gasteiger partial charge in [0.15, 0.2) is 0 Å². The van der Waals surface area contributed by atoms with Gasteiger partial charge in [-0.3, -0.25) is 0 Å². The number of aromatic nitrogens is 1. The number of carboxylic acid groups (broad SMARTS) is 1. The summed E-state index contributed by atoms with van der Waals surface area (Å²) in [7, 11) is 0. The van der Waals surface area contributed by atoms with Gasteiger partial charge in [0.1, 0.15) is 11.9 Å². The molecule has 4 saturated carbocycles. The normalized spacial score (nSPS) is 40.1. The summed E-state index contributed by atoms with van der Waals surface area (Å²) >= 11 is 0. The van der Waals surface area contributed by atoms with E-state index in [0.717, 1.165) is 37.8 Å². The molecule has 7 heteroatoms. The van der Waals surface area contributed by atoms with Crippen LogP contribution < -0.4 is 5.32 Å². The van der Waals surface area contributed by atoms with Crippen LogP contribution in [0.25, 0.3) is 0 Å². The van der Waals surface area contributed by atoms with Gasteiger partial charge in [-0.05, 0) is 81.3 Å². The van der Waals surface area contributed by atoms with E-state index in [9.17, 15) is 20.3 Å². The summed E-state index contributed by atoms with van der Waals surface area (Å²) < 4.78 is 0. The summed E-state index contributed by atoms with van der Waals surface area (Å²) in [6.45, 7) is 2.38. The lowest BCUT2D eigenvalue weighted by atomic mass is 9.48. The summed E-state index contributed by atoms with van der Waals surface area (Å²) in [5, 5.41) is 33.8. The lowest BCUT2D eigenvalue weighted by molar-refractivity contribution is -0.162. The van der Waals surface area contributed by atoms with E-state index in [1.807, 2.05) is 13.0 Å². The quantitative estimate of drug-likeness (QED) is 0.725. The maximum atomic E-state index is 12.1. The highest BCUT2D eigenvalue weighted by molar-refractivity contribution is 5.66. The second-order valence-corrected chi connectivity index (χ2v) is 9.74. The lowest BCUT2D eigenvalue weighted by Crippen LogP contribution is -2.61. The van der Waals surface area contributed by atoms with Gasteiger partial charge in [0.2, 0.25) is 0 Å². The number of nitrogens with zero attached hydrogens (tertiary/aromatic N) is 3. The highest BCUT2D eigenvalue weighted by atomic mass is 16.4. The molecule has 4 bridgehead atoms. The van der Waals surface area contributed by atoms with Gasteiger partial charge in [-0.2, -0.15) is 5.26 Å². The molecule has 4 unspecified atom stereocenters. The minimum Gasteiger partial charge on any atom is -0.465 e. The summed E-state index contributed by atoms with van der Waals surface area (Å²) in [6, 6.07) is 5.57. The molecule has 7 nitrogen and oxygen atoms in total. The Morgan fingerprint density at radius 2 is 2.03 bits per heavy atom. The van der Waals surface area contributed by atoms with Crippen molar-refractivity contribution in [3.05, 3.63) is 23.4 Å². The third kappa shape index (κ3) is 3.05. The zero-order chi connectivity index (χ0) is 20.3. The third-order valence-electron chi connectivity index (χ3n) is 7.88. The van der Waals surface area contributed by atoms with E-state index in [-0.39, 0.29) is 18.0 Å². The number of nitriles is 1. The zero-order valence-electron chi connectivity index (χ0n) is 16.7. The average Bonchev–Trinajstić information content (AvgIpc) is 3.04. The van der Waals surface area contributed by atoms with Crippen molar-refractivity contribution in [3.63, 3.8) is 0 Å². The monoisotopic (exact) mass is 396 g/mol. The van der Waals surface area contributed by atoms with Gasteiger partial charge in [-0.1, -0.05) is 0 Å². The van der Waals surface area contributed by atoms with Crippen LogP contribution in [0, 0.1) is 41.9 Å². The molecule has 3 N–H and O–H groups in total. The molecule has 154 valence electrons.